The molecule has 3 aromatic rings. The summed E-state index contributed by atoms with van der Waals surface area (Å²) in [6.45, 7) is 1.54. The Morgan fingerprint density at radius 1 is 1.11 bits per heavy atom. The van der Waals surface area contributed by atoms with Gasteiger partial charge in [-0.1, -0.05) is 36.4 Å². The molecule has 0 aliphatic heterocycles. The Hall–Kier alpha value is -3.19. The van der Waals surface area contributed by atoms with Gasteiger partial charge in [0, 0.05) is 30.7 Å². The first-order valence-corrected chi connectivity index (χ1v) is 9.62. The zero-order valence-electron chi connectivity index (χ0n) is 15.9. The Bertz CT molecular complexity index is 970. The number of aromatic nitrogens is 1. The van der Waals surface area contributed by atoms with Crippen LogP contribution in [-0.2, 0) is 9.53 Å². The third kappa shape index (κ3) is 4.75. The number of hydrogen-bond acceptors (Lipinski definition) is 6. The molecule has 2 aromatic carbocycles. The second-order valence-electron chi connectivity index (χ2n) is 6.39. The first-order valence-electron chi connectivity index (χ1n) is 8.74. The largest absolute Gasteiger partial charge is 0.449 e. The minimum atomic E-state index is -0.945. The molecular weight excluding hydrogens is 374 g/mol. The molecule has 6 nitrogen and oxygen atoms in total. The number of nitrogens with zero attached hydrogens (tertiary/aromatic N) is 2. The first kappa shape index (κ1) is 19.6. The second-order valence-corrected chi connectivity index (χ2v) is 7.24. The van der Waals surface area contributed by atoms with E-state index in [1.165, 1.54) is 18.3 Å². The Morgan fingerprint density at radius 2 is 1.86 bits per heavy atom. The fraction of sp³-hybridized carbons (Fsp3) is 0.190. The quantitative estimate of drug-likeness (QED) is 0.637. The van der Waals surface area contributed by atoms with Crippen molar-refractivity contribution in [3.63, 3.8) is 0 Å². The van der Waals surface area contributed by atoms with Gasteiger partial charge in [-0.2, -0.15) is 0 Å². The van der Waals surface area contributed by atoms with Gasteiger partial charge in [0.25, 0.3) is 5.91 Å². The summed E-state index contributed by atoms with van der Waals surface area (Å²) in [7, 11) is 3.77. The summed E-state index contributed by atoms with van der Waals surface area (Å²) in [6.07, 6.45) is -0.945. The van der Waals surface area contributed by atoms with Crippen molar-refractivity contribution in [1.29, 1.82) is 0 Å². The van der Waals surface area contributed by atoms with Gasteiger partial charge in [0.2, 0.25) is 0 Å². The zero-order chi connectivity index (χ0) is 20.1. The number of hydrogen-bond donors (Lipinski definition) is 1. The molecule has 1 heterocycles. The highest BCUT2D eigenvalue weighted by molar-refractivity contribution is 7.14. The molecule has 3 rings (SSSR count). The average Bonchev–Trinajstić information content (AvgIpc) is 3.17. The topological polar surface area (TPSA) is 71.5 Å². The van der Waals surface area contributed by atoms with Crippen LogP contribution in [0.25, 0.3) is 11.3 Å². The molecule has 1 aromatic heterocycles. The Morgan fingerprint density at radius 3 is 2.57 bits per heavy atom. The van der Waals surface area contributed by atoms with Crippen LogP contribution >= 0.6 is 11.3 Å². The molecule has 0 aliphatic rings. The molecule has 1 N–H and O–H groups in total. The minimum Gasteiger partial charge on any atom is -0.449 e. The van der Waals surface area contributed by atoms with E-state index >= 15 is 0 Å². The predicted molar refractivity (Wildman–Crippen MR) is 112 cm³/mol. The van der Waals surface area contributed by atoms with E-state index in [1.54, 1.807) is 18.2 Å². The van der Waals surface area contributed by atoms with Crippen LogP contribution in [-0.4, -0.2) is 37.1 Å². The molecule has 1 amide bonds. The fourth-order valence-corrected chi connectivity index (χ4v) is 3.20. The summed E-state index contributed by atoms with van der Waals surface area (Å²) in [5.74, 6) is -0.971. The molecule has 0 aliphatic carbocycles. The molecule has 1 atom stereocenters. The van der Waals surface area contributed by atoms with Gasteiger partial charge in [-0.05, 0) is 25.1 Å². The zero-order valence-corrected chi connectivity index (χ0v) is 16.7. The summed E-state index contributed by atoms with van der Waals surface area (Å²) in [5.41, 5.74) is 3.03. The van der Waals surface area contributed by atoms with Gasteiger partial charge in [0.1, 0.15) is 0 Å². The average molecular weight is 395 g/mol. The van der Waals surface area contributed by atoms with Crippen molar-refractivity contribution in [3.05, 3.63) is 65.5 Å². The van der Waals surface area contributed by atoms with E-state index in [1.807, 2.05) is 60.8 Å². The van der Waals surface area contributed by atoms with E-state index in [2.05, 4.69) is 10.3 Å². The van der Waals surface area contributed by atoms with Crippen LogP contribution in [0.15, 0.2) is 60.0 Å². The second kappa shape index (κ2) is 8.67. The van der Waals surface area contributed by atoms with Gasteiger partial charge in [0.15, 0.2) is 11.2 Å². The van der Waals surface area contributed by atoms with Crippen molar-refractivity contribution in [2.75, 3.05) is 24.3 Å². The van der Waals surface area contributed by atoms with Crippen LogP contribution < -0.4 is 10.2 Å². The minimum absolute atomic E-state index is 0.395. The van der Waals surface area contributed by atoms with E-state index in [4.69, 9.17) is 4.74 Å². The fourth-order valence-electron chi connectivity index (χ4n) is 2.47. The predicted octanol–water partition coefficient (Wildman–Crippen LogP) is 4.06. The number of esters is 1. The van der Waals surface area contributed by atoms with Crippen molar-refractivity contribution in [3.8, 4) is 11.3 Å². The van der Waals surface area contributed by atoms with Gasteiger partial charge >= 0.3 is 5.97 Å². The Balaban J connectivity index is 1.61. The normalized spacial score (nSPS) is 11.5. The van der Waals surface area contributed by atoms with Crippen molar-refractivity contribution >= 4 is 34.0 Å². The Kier molecular flexibility index (Phi) is 6.06. The van der Waals surface area contributed by atoms with E-state index in [-0.39, 0.29) is 0 Å². The molecule has 28 heavy (non-hydrogen) atoms. The van der Waals surface area contributed by atoms with Crippen LogP contribution in [0.1, 0.15) is 17.3 Å². The first-order chi connectivity index (χ1) is 13.4. The SMILES string of the molecule is C[C@H](OC(=O)c1cccc(N(C)C)c1)C(=O)Nc1nc(-c2ccccc2)cs1. The highest BCUT2D eigenvalue weighted by Crippen LogP contribution is 2.24. The lowest BCUT2D eigenvalue weighted by atomic mass is 10.2. The summed E-state index contributed by atoms with van der Waals surface area (Å²) >= 11 is 1.32. The Labute approximate surface area is 167 Å². The number of nitrogens with one attached hydrogen (secondary N) is 1. The number of thiazole rings is 1. The third-order valence-corrected chi connectivity index (χ3v) is 4.81. The van der Waals surface area contributed by atoms with Gasteiger partial charge in [-0.25, -0.2) is 9.78 Å². The molecular formula is C21H21N3O3S. The lowest BCUT2D eigenvalue weighted by molar-refractivity contribution is -0.123. The van der Waals surface area contributed by atoms with E-state index in [0.29, 0.717) is 10.7 Å². The number of benzene rings is 2. The van der Waals surface area contributed by atoms with Gasteiger partial charge in [0.05, 0.1) is 11.3 Å². The lowest BCUT2D eigenvalue weighted by Crippen LogP contribution is -2.30. The third-order valence-electron chi connectivity index (χ3n) is 4.06. The van der Waals surface area contributed by atoms with Crippen molar-refractivity contribution in [1.82, 2.24) is 4.98 Å². The van der Waals surface area contributed by atoms with Gasteiger partial charge < -0.3 is 9.64 Å². The molecule has 0 radical (unpaired) electrons. The molecule has 144 valence electrons. The molecule has 0 fully saturated rings. The molecule has 0 unspecified atom stereocenters. The summed E-state index contributed by atoms with van der Waals surface area (Å²) in [6, 6.07) is 16.7. The number of rotatable bonds is 6. The van der Waals surface area contributed by atoms with Crippen molar-refractivity contribution in [2.24, 2.45) is 0 Å². The number of ether oxygens (including phenoxy) is 1. The van der Waals surface area contributed by atoms with Crippen molar-refractivity contribution < 1.29 is 14.3 Å². The number of anilines is 2. The molecule has 0 spiro atoms. The maximum atomic E-state index is 12.4. The van der Waals surface area contributed by atoms with Gasteiger partial charge in [-0.3, -0.25) is 10.1 Å². The number of carbonyl (C=O) groups is 2. The number of carbonyl (C=O) groups excluding carboxylic acids is 2. The van der Waals surface area contributed by atoms with Crippen LogP contribution in [0.5, 0.6) is 0 Å². The van der Waals surface area contributed by atoms with E-state index in [9.17, 15) is 9.59 Å². The maximum Gasteiger partial charge on any atom is 0.338 e. The maximum absolute atomic E-state index is 12.4. The number of amides is 1. The molecule has 0 saturated carbocycles. The highest BCUT2D eigenvalue weighted by atomic mass is 32.1. The molecule has 0 saturated heterocycles. The summed E-state index contributed by atoms with van der Waals surface area (Å²) in [4.78, 5) is 31.0. The highest BCUT2D eigenvalue weighted by Gasteiger charge is 2.20. The van der Waals surface area contributed by atoms with E-state index < -0.39 is 18.0 Å². The van der Waals surface area contributed by atoms with Crippen LogP contribution in [0.4, 0.5) is 10.8 Å². The molecule has 0 bridgehead atoms. The van der Waals surface area contributed by atoms with E-state index in [0.717, 1.165) is 16.9 Å². The molecule has 7 heteroatoms. The summed E-state index contributed by atoms with van der Waals surface area (Å²) in [5, 5.41) is 5.03. The van der Waals surface area contributed by atoms with Crippen LogP contribution in [0, 0.1) is 0 Å². The van der Waals surface area contributed by atoms with Crippen LogP contribution in [0.2, 0.25) is 0 Å². The summed E-state index contributed by atoms with van der Waals surface area (Å²) < 4.78 is 5.30. The van der Waals surface area contributed by atoms with Crippen molar-refractivity contribution in [2.45, 2.75) is 13.0 Å². The van der Waals surface area contributed by atoms with Gasteiger partial charge in [-0.15, -0.1) is 11.3 Å². The standard InChI is InChI=1S/C21H21N3O3S/c1-14(27-20(26)16-10-7-11-17(12-16)24(2)3)19(25)23-21-22-18(13-28-21)15-8-5-4-6-9-15/h4-14H,1-3H3,(H,22,23,25)/t14-/m0/s1. The van der Waals surface area contributed by atoms with Crippen LogP contribution in [0.3, 0.4) is 0 Å². The smallest absolute Gasteiger partial charge is 0.338 e. The monoisotopic (exact) mass is 395 g/mol. The lowest BCUT2D eigenvalue weighted by Gasteiger charge is -2.15.